The maximum Gasteiger partial charge on any atom is 0.319 e. The van der Waals surface area contributed by atoms with Crippen LogP contribution >= 0.6 is 0 Å². The quantitative estimate of drug-likeness (QED) is 0.821. The second kappa shape index (κ2) is 7.83. The predicted molar refractivity (Wildman–Crippen MR) is 100 cm³/mol. The Morgan fingerprint density at radius 2 is 1.84 bits per heavy atom. The number of anilines is 2. The zero-order valence-corrected chi connectivity index (χ0v) is 14.4. The number of rotatable bonds is 5. The average Bonchev–Trinajstić information content (AvgIpc) is 2.62. The minimum atomic E-state index is -0.235. The van der Waals surface area contributed by atoms with Crippen molar-refractivity contribution < 1.29 is 9.59 Å². The first-order chi connectivity index (χ1) is 12.1. The van der Waals surface area contributed by atoms with Crippen LogP contribution in [0.25, 0.3) is 0 Å². The highest BCUT2D eigenvalue weighted by Crippen LogP contribution is 2.25. The van der Waals surface area contributed by atoms with Gasteiger partial charge in [0.15, 0.2) is 5.78 Å². The van der Waals surface area contributed by atoms with Crippen LogP contribution in [0.1, 0.15) is 29.3 Å². The van der Waals surface area contributed by atoms with E-state index in [9.17, 15) is 9.59 Å². The molecule has 2 N–H and O–H groups in total. The number of aryl methyl sites for hydroxylation is 1. The first-order valence-corrected chi connectivity index (χ1v) is 8.62. The lowest BCUT2D eigenvalue weighted by Gasteiger charge is -2.31. The van der Waals surface area contributed by atoms with E-state index in [0.717, 1.165) is 25.9 Å². The van der Waals surface area contributed by atoms with Crippen molar-refractivity contribution in [2.75, 3.05) is 29.9 Å². The van der Waals surface area contributed by atoms with E-state index in [0.29, 0.717) is 17.8 Å². The average molecular weight is 337 g/mol. The van der Waals surface area contributed by atoms with Gasteiger partial charge in [-0.15, -0.1) is 0 Å². The summed E-state index contributed by atoms with van der Waals surface area (Å²) in [7, 11) is 0. The summed E-state index contributed by atoms with van der Waals surface area (Å²) < 4.78 is 0. The molecular weight excluding hydrogens is 314 g/mol. The molecule has 0 atom stereocenters. The Hall–Kier alpha value is -2.82. The topological polar surface area (TPSA) is 61.4 Å². The largest absolute Gasteiger partial charge is 0.370 e. The Morgan fingerprint density at radius 1 is 1.08 bits per heavy atom. The first kappa shape index (κ1) is 17.0. The number of para-hydroxylation sites is 1. The Labute approximate surface area is 148 Å². The molecule has 2 aromatic rings. The summed E-state index contributed by atoms with van der Waals surface area (Å²) in [6.45, 7) is 3.90. The summed E-state index contributed by atoms with van der Waals surface area (Å²) in [6, 6.07) is 15.1. The van der Waals surface area contributed by atoms with E-state index in [2.05, 4.69) is 39.8 Å². The molecule has 0 saturated heterocycles. The standard InChI is InChI=1S/C20H23N3O2/c1-15(24)16-8-10-18(11-9-16)22-20(25)21-12-14-23-13-4-6-17-5-2-3-7-19(17)23/h2-3,5,7-11H,4,6,12-14H2,1H3,(H2,21,22,25). The third-order valence-electron chi connectivity index (χ3n) is 4.42. The molecule has 1 aliphatic heterocycles. The van der Waals surface area contributed by atoms with Gasteiger partial charge in [-0.25, -0.2) is 4.79 Å². The molecule has 0 spiro atoms. The van der Waals surface area contributed by atoms with Crippen LogP contribution in [0.4, 0.5) is 16.2 Å². The van der Waals surface area contributed by atoms with Crippen molar-refractivity contribution in [2.45, 2.75) is 19.8 Å². The van der Waals surface area contributed by atoms with Crippen molar-refractivity contribution in [2.24, 2.45) is 0 Å². The van der Waals surface area contributed by atoms with Crippen LogP contribution in [0.2, 0.25) is 0 Å². The fourth-order valence-corrected chi connectivity index (χ4v) is 3.11. The second-order valence-electron chi connectivity index (χ2n) is 6.23. The molecule has 1 heterocycles. The van der Waals surface area contributed by atoms with Gasteiger partial charge in [0.1, 0.15) is 0 Å². The fourth-order valence-electron chi connectivity index (χ4n) is 3.11. The minimum absolute atomic E-state index is 0.0119. The van der Waals surface area contributed by atoms with Crippen LogP contribution in [0.15, 0.2) is 48.5 Å². The predicted octanol–water partition coefficient (Wildman–Crippen LogP) is 3.46. The third-order valence-corrected chi connectivity index (χ3v) is 4.42. The number of ketones is 1. The van der Waals surface area contributed by atoms with Gasteiger partial charge < -0.3 is 15.5 Å². The molecule has 2 amide bonds. The molecule has 5 heteroatoms. The van der Waals surface area contributed by atoms with Gasteiger partial charge in [0.2, 0.25) is 0 Å². The van der Waals surface area contributed by atoms with Crippen LogP contribution in [0.5, 0.6) is 0 Å². The van der Waals surface area contributed by atoms with E-state index in [1.165, 1.54) is 18.2 Å². The summed E-state index contributed by atoms with van der Waals surface area (Å²) in [5, 5.41) is 5.67. The third kappa shape index (κ3) is 4.38. The van der Waals surface area contributed by atoms with Gasteiger partial charge in [-0.2, -0.15) is 0 Å². The monoisotopic (exact) mass is 337 g/mol. The summed E-state index contributed by atoms with van der Waals surface area (Å²) in [6.07, 6.45) is 2.27. The van der Waals surface area contributed by atoms with Gasteiger partial charge in [0, 0.05) is 36.6 Å². The molecule has 130 valence electrons. The van der Waals surface area contributed by atoms with Crippen molar-refractivity contribution in [1.82, 2.24) is 5.32 Å². The number of nitrogens with one attached hydrogen (secondary N) is 2. The SMILES string of the molecule is CC(=O)c1ccc(NC(=O)NCCN2CCCc3ccccc32)cc1. The van der Waals surface area contributed by atoms with Gasteiger partial charge in [-0.3, -0.25) is 4.79 Å². The van der Waals surface area contributed by atoms with E-state index in [-0.39, 0.29) is 11.8 Å². The smallest absolute Gasteiger partial charge is 0.319 e. The highest BCUT2D eigenvalue weighted by molar-refractivity contribution is 5.95. The first-order valence-electron chi connectivity index (χ1n) is 8.62. The molecule has 0 aliphatic carbocycles. The van der Waals surface area contributed by atoms with Crippen molar-refractivity contribution in [1.29, 1.82) is 0 Å². The van der Waals surface area contributed by atoms with E-state index in [4.69, 9.17) is 0 Å². The molecule has 0 fully saturated rings. The van der Waals surface area contributed by atoms with Gasteiger partial charge >= 0.3 is 6.03 Å². The molecule has 0 unspecified atom stereocenters. The Morgan fingerprint density at radius 3 is 2.60 bits per heavy atom. The maximum atomic E-state index is 12.0. The minimum Gasteiger partial charge on any atom is -0.370 e. The molecule has 0 saturated carbocycles. The summed E-state index contributed by atoms with van der Waals surface area (Å²) in [5.41, 5.74) is 3.96. The van der Waals surface area contributed by atoms with Gasteiger partial charge in [0.05, 0.1) is 0 Å². The van der Waals surface area contributed by atoms with Crippen LogP contribution < -0.4 is 15.5 Å². The number of carbonyl (C=O) groups excluding carboxylic acids is 2. The van der Waals surface area contributed by atoms with E-state index >= 15 is 0 Å². The molecule has 0 aromatic heterocycles. The molecule has 25 heavy (non-hydrogen) atoms. The molecule has 0 bridgehead atoms. The Balaban J connectivity index is 1.48. The molecule has 1 aliphatic rings. The molecule has 5 nitrogen and oxygen atoms in total. The highest BCUT2D eigenvalue weighted by atomic mass is 16.2. The van der Waals surface area contributed by atoms with Crippen LogP contribution in [-0.2, 0) is 6.42 Å². The number of Topliss-reactive ketones (excluding diaryl/α,β-unsaturated/α-hetero) is 1. The van der Waals surface area contributed by atoms with E-state index in [1.807, 2.05) is 0 Å². The number of urea groups is 1. The second-order valence-corrected chi connectivity index (χ2v) is 6.23. The summed E-state index contributed by atoms with van der Waals surface area (Å²) in [5.74, 6) is 0.0119. The van der Waals surface area contributed by atoms with Crippen molar-refractivity contribution in [3.05, 3.63) is 59.7 Å². The lowest BCUT2D eigenvalue weighted by atomic mass is 10.0. The van der Waals surface area contributed by atoms with Gasteiger partial charge in [-0.05, 0) is 55.7 Å². The zero-order chi connectivity index (χ0) is 17.6. The number of benzene rings is 2. The van der Waals surface area contributed by atoms with Crippen LogP contribution in [0, 0.1) is 0 Å². The van der Waals surface area contributed by atoms with Gasteiger partial charge in [0.25, 0.3) is 0 Å². The van der Waals surface area contributed by atoms with Crippen molar-refractivity contribution in [3.63, 3.8) is 0 Å². The number of carbonyl (C=O) groups is 2. The molecule has 2 aromatic carbocycles. The normalized spacial score (nSPS) is 13.1. The van der Waals surface area contributed by atoms with Crippen LogP contribution in [0.3, 0.4) is 0 Å². The number of hydrogen-bond donors (Lipinski definition) is 2. The van der Waals surface area contributed by atoms with Gasteiger partial charge in [-0.1, -0.05) is 18.2 Å². The highest BCUT2D eigenvalue weighted by Gasteiger charge is 2.15. The Kier molecular flexibility index (Phi) is 5.33. The van der Waals surface area contributed by atoms with Crippen molar-refractivity contribution in [3.8, 4) is 0 Å². The zero-order valence-electron chi connectivity index (χ0n) is 14.4. The molecule has 3 rings (SSSR count). The van der Waals surface area contributed by atoms with Crippen LogP contribution in [-0.4, -0.2) is 31.4 Å². The summed E-state index contributed by atoms with van der Waals surface area (Å²) >= 11 is 0. The molecular formula is C20H23N3O2. The number of amides is 2. The fraction of sp³-hybridized carbons (Fsp3) is 0.300. The summed E-state index contributed by atoms with van der Waals surface area (Å²) in [4.78, 5) is 25.6. The van der Waals surface area contributed by atoms with E-state index in [1.54, 1.807) is 24.3 Å². The van der Waals surface area contributed by atoms with E-state index < -0.39 is 0 Å². The number of nitrogens with zero attached hydrogens (tertiary/aromatic N) is 1. The molecule has 0 radical (unpaired) electrons. The number of hydrogen-bond acceptors (Lipinski definition) is 3. The Bertz CT molecular complexity index is 756. The van der Waals surface area contributed by atoms with Crippen molar-refractivity contribution >= 4 is 23.2 Å². The lowest BCUT2D eigenvalue weighted by molar-refractivity contribution is 0.101. The number of fused-ring (bicyclic) bond motifs is 1. The maximum absolute atomic E-state index is 12.0. The lowest BCUT2D eigenvalue weighted by Crippen LogP contribution is -2.39.